The average Bonchev–Trinajstić information content (AvgIpc) is 2.57. The van der Waals surface area contributed by atoms with Gasteiger partial charge in [-0.2, -0.15) is 0 Å². The molecular formula is C21H28N2O3S. The van der Waals surface area contributed by atoms with Gasteiger partial charge in [0, 0.05) is 0 Å². The van der Waals surface area contributed by atoms with E-state index in [0.717, 1.165) is 32.8 Å². The molecule has 0 saturated carbocycles. The molecular weight excluding hydrogens is 360 g/mol. The molecule has 2 aromatic rings. The van der Waals surface area contributed by atoms with Crippen LogP contribution in [-0.2, 0) is 14.8 Å². The number of hydrogen-bond donors (Lipinski definition) is 1. The number of carbonyl (C=O) groups is 1. The Labute approximate surface area is 162 Å². The Hall–Kier alpha value is -2.34. The SMILES string of the molecule is Cc1ccc(N([C@@H](C)C(=O)N[C@H](C)c2cc(C)ccc2C)S(C)(=O)=O)cc1. The number of rotatable bonds is 6. The van der Waals surface area contributed by atoms with E-state index in [9.17, 15) is 13.2 Å². The molecule has 0 aliphatic carbocycles. The lowest BCUT2D eigenvalue weighted by molar-refractivity contribution is -0.122. The number of nitrogens with zero attached hydrogens (tertiary/aromatic N) is 1. The standard InChI is InChI=1S/C21H28N2O3S/c1-14-8-11-19(12-9-14)23(27(6,25)26)18(5)21(24)22-17(4)20-13-15(2)7-10-16(20)3/h7-13,17-18H,1-6H3,(H,22,24)/t17-,18+/m1/s1. The van der Waals surface area contributed by atoms with Crippen molar-refractivity contribution in [2.75, 3.05) is 10.6 Å². The third kappa shape index (κ3) is 5.10. The van der Waals surface area contributed by atoms with Crippen LogP contribution in [-0.4, -0.2) is 26.6 Å². The van der Waals surface area contributed by atoms with E-state index in [1.807, 2.05) is 58.0 Å². The predicted octanol–water partition coefficient (Wildman–Crippen LogP) is 3.64. The molecule has 0 aliphatic heterocycles. The van der Waals surface area contributed by atoms with Crippen LogP contribution in [0.5, 0.6) is 0 Å². The second-order valence-corrected chi connectivity index (χ2v) is 9.02. The second kappa shape index (κ2) is 8.13. The first-order valence-corrected chi connectivity index (χ1v) is 10.8. The van der Waals surface area contributed by atoms with E-state index in [0.29, 0.717) is 5.69 Å². The molecule has 2 rings (SSSR count). The lowest BCUT2D eigenvalue weighted by Crippen LogP contribution is -2.48. The number of anilines is 1. The maximum atomic E-state index is 12.8. The van der Waals surface area contributed by atoms with Crippen molar-refractivity contribution in [1.29, 1.82) is 0 Å². The smallest absolute Gasteiger partial charge is 0.244 e. The fourth-order valence-corrected chi connectivity index (χ4v) is 4.31. The van der Waals surface area contributed by atoms with Crippen LogP contribution in [0.4, 0.5) is 5.69 Å². The molecule has 0 spiro atoms. The van der Waals surface area contributed by atoms with E-state index >= 15 is 0 Å². The third-order valence-electron chi connectivity index (χ3n) is 4.64. The van der Waals surface area contributed by atoms with Gasteiger partial charge in [-0.3, -0.25) is 9.10 Å². The highest BCUT2D eigenvalue weighted by Gasteiger charge is 2.30. The minimum Gasteiger partial charge on any atom is -0.348 e. The van der Waals surface area contributed by atoms with Crippen molar-refractivity contribution in [2.45, 2.75) is 46.7 Å². The van der Waals surface area contributed by atoms with E-state index in [1.54, 1.807) is 19.1 Å². The molecule has 0 saturated heterocycles. The topological polar surface area (TPSA) is 66.5 Å². The summed E-state index contributed by atoms with van der Waals surface area (Å²) in [6, 6.07) is 12.1. The molecule has 0 bridgehead atoms. The number of amides is 1. The Morgan fingerprint density at radius 3 is 2.07 bits per heavy atom. The van der Waals surface area contributed by atoms with E-state index in [2.05, 4.69) is 5.32 Å². The van der Waals surface area contributed by atoms with Crippen LogP contribution in [0.15, 0.2) is 42.5 Å². The zero-order chi connectivity index (χ0) is 20.4. The summed E-state index contributed by atoms with van der Waals surface area (Å²) < 4.78 is 25.9. The molecule has 2 atom stereocenters. The summed E-state index contributed by atoms with van der Waals surface area (Å²) in [5, 5.41) is 2.95. The van der Waals surface area contributed by atoms with Crippen LogP contribution in [0, 0.1) is 20.8 Å². The first-order chi connectivity index (χ1) is 12.5. The number of nitrogens with one attached hydrogen (secondary N) is 1. The van der Waals surface area contributed by atoms with E-state index in [4.69, 9.17) is 0 Å². The van der Waals surface area contributed by atoms with Gasteiger partial charge in [-0.15, -0.1) is 0 Å². The molecule has 2 aromatic carbocycles. The number of hydrogen-bond acceptors (Lipinski definition) is 3. The highest BCUT2D eigenvalue weighted by molar-refractivity contribution is 7.92. The first-order valence-electron chi connectivity index (χ1n) is 8.94. The number of benzene rings is 2. The summed E-state index contributed by atoms with van der Waals surface area (Å²) >= 11 is 0. The average molecular weight is 389 g/mol. The Morgan fingerprint density at radius 1 is 0.963 bits per heavy atom. The van der Waals surface area contributed by atoms with Gasteiger partial charge >= 0.3 is 0 Å². The molecule has 0 aromatic heterocycles. The molecule has 0 aliphatic rings. The van der Waals surface area contributed by atoms with Crippen molar-refractivity contribution in [1.82, 2.24) is 5.32 Å². The number of aryl methyl sites for hydroxylation is 3. The second-order valence-electron chi connectivity index (χ2n) is 7.16. The van der Waals surface area contributed by atoms with Crippen molar-refractivity contribution in [3.8, 4) is 0 Å². The molecule has 6 heteroatoms. The lowest BCUT2D eigenvalue weighted by Gasteiger charge is -2.29. The van der Waals surface area contributed by atoms with Crippen molar-refractivity contribution in [2.24, 2.45) is 0 Å². The van der Waals surface area contributed by atoms with Gasteiger partial charge in [0.05, 0.1) is 18.0 Å². The lowest BCUT2D eigenvalue weighted by atomic mass is 10.00. The van der Waals surface area contributed by atoms with Crippen molar-refractivity contribution >= 4 is 21.6 Å². The van der Waals surface area contributed by atoms with Crippen LogP contribution in [0.1, 0.15) is 42.1 Å². The molecule has 1 N–H and O–H groups in total. The number of sulfonamides is 1. The minimum atomic E-state index is -3.62. The molecule has 27 heavy (non-hydrogen) atoms. The maximum absolute atomic E-state index is 12.8. The summed E-state index contributed by atoms with van der Waals surface area (Å²) in [6.07, 6.45) is 1.12. The van der Waals surface area contributed by atoms with Crippen LogP contribution >= 0.6 is 0 Å². The Bertz CT molecular complexity index is 921. The molecule has 0 heterocycles. The fourth-order valence-electron chi connectivity index (χ4n) is 3.14. The minimum absolute atomic E-state index is 0.223. The van der Waals surface area contributed by atoms with Gasteiger partial charge in [0.1, 0.15) is 6.04 Å². The predicted molar refractivity (Wildman–Crippen MR) is 110 cm³/mol. The molecule has 5 nitrogen and oxygen atoms in total. The normalized spacial score (nSPS) is 13.7. The summed E-state index contributed by atoms with van der Waals surface area (Å²) in [5.41, 5.74) is 4.72. The largest absolute Gasteiger partial charge is 0.348 e. The highest BCUT2D eigenvalue weighted by Crippen LogP contribution is 2.23. The van der Waals surface area contributed by atoms with Gasteiger partial charge in [0.15, 0.2) is 0 Å². The van der Waals surface area contributed by atoms with Crippen LogP contribution in [0.2, 0.25) is 0 Å². The molecule has 0 fully saturated rings. The Morgan fingerprint density at radius 2 is 1.52 bits per heavy atom. The molecule has 146 valence electrons. The van der Waals surface area contributed by atoms with Gasteiger partial charge in [-0.1, -0.05) is 41.5 Å². The van der Waals surface area contributed by atoms with Crippen molar-refractivity contribution in [3.63, 3.8) is 0 Å². The van der Waals surface area contributed by atoms with Gasteiger partial charge < -0.3 is 5.32 Å². The summed E-state index contributed by atoms with van der Waals surface area (Å²) in [6.45, 7) is 9.44. The van der Waals surface area contributed by atoms with Crippen LogP contribution in [0.25, 0.3) is 0 Å². The Kier molecular flexibility index (Phi) is 6.31. The van der Waals surface area contributed by atoms with E-state index in [-0.39, 0.29) is 11.9 Å². The number of carbonyl (C=O) groups excluding carboxylic acids is 1. The zero-order valence-corrected chi connectivity index (χ0v) is 17.6. The fraction of sp³-hybridized carbons (Fsp3) is 0.381. The third-order valence-corrected chi connectivity index (χ3v) is 5.88. The van der Waals surface area contributed by atoms with Gasteiger partial charge in [0.25, 0.3) is 0 Å². The van der Waals surface area contributed by atoms with Crippen LogP contribution < -0.4 is 9.62 Å². The van der Waals surface area contributed by atoms with E-state index in [1.165, 1.54) is 0 Å². The van der Waals surface area contributed by atoms with Gasteiger partial charge in [-0.25, -0.2) is 8.42 Å². The zero-order valence-electron chi connectivity index (χ0n) is 16.8. The van der Waals surface area contributed by atoms with Gasteiger partial charge in [-0.05, 0) is 57.9 Å². The van der Waals surface area contributed by atoms with E-state index < -0.39 is 16.1 Å². The van der Waals surface area contributed by atoms with Crippen LogP contribution in [0.3, 0.4) is 0 Å². The Balaban J connectivity index is 2.27. The maximum Gasteiger partial charge on any atom is 0.244 e. The summed E-state index contributed by atoms with van der Waals surface area (Å²) in [5.74, 6) is -0.339. The first kappa shape index (κ1) is 21.0. The molecule has 0 radical (unpaired) electrons. The summed E-state index contributed by atoms with van der Waals surface area (Å²) in [7, 11) is -3.62. The summed E-state index contributed by atoms with van der Waals surface area (Å²) in [4.78, 5) is 12.8. The molecule has 1 amide bonds. The molecule has 0 unspecified atom stereocenters. The van der Waals surface area contributed by atoms with Gasteiger partial charge in [0.2, 0.25) is 15.9 Å². The quantitative estimate of drug-likeness (QED) is 0.821. The van der Waals surface area contributed by atoms with Crippen molar-refractivity contribution in [3.05, 3.63) is 64.7 Å². The highest BCUT2D eigenvalue weighted by atomic mass is 32.2. The van der Waals surface area contributed by atoms with Crippen molar-refractivity contribution < 1.29 is 13.2 Å². The monoisotopic (exact) mass is 388 g/mol.